The summed E-state index contributed by atoms with van der Waals surface area (Å²) in [5.74, 6) is -0.345. The number of alkyl halides is 1. The highest BCUT2D eigenvalue weighted by Crippen LogP contribution is 2.62. The van der Waals surface area contributed by atoms with E-state index in [1.165, 1.54) is 30.5 Å². The van der Waals surface area contributed by atoms with E-state index in [-0.39, 0.29) is 29.9 Å². The Morgan fingerprint density at radius 2 is 1.81 bits per heavy atom. The quantitative estimate of drug-likeness (QED) is 0.400. The van der Waals surface area contributed by atoms with Crippen molar-refractivity contribution in [1.29, 1.82) is 0 Å². The number of hydrogen-bond donors (Lipinski definition) is 2. The van der Waals surface area contributed by atoms with Crippen molar-refractivity contribution in [3.8, 4) is 0 Å². The molecule has 7 rings (SSSR count). The summed E-state index contributed by atoms with van der Waals surface area (Å²) in [6, 6.07) is 11.0. The molecule has 4 nitrogen and oxygen atoms in total. The van der Waals surface area contributed by atoms with Crippen LogP contribution in [0.5, 0.6) is 0 Å². The van der Waals surface area contributed by atoms with E-state index in [1.54, 1.807) is 0 Å². The van der Waals surface area contributed by atoms with Gasteiger partial charge in [-0.2, -0.15) is 0 Å². The van der Waals surface area contributed by atoms with Gasteiger partial charge in [-0.25, -0.2) is 8.78 Å². The van der Waals surface area contributed by atoms with Gasteiger partial charge < -0.3 is 10.3 Å². The third-order valence-corrected chi connectivity index (χ3v) is 9.79. The summed E-state index contributed by atoms with van der Waals surface area (Å²) in [6.45, 7) is 4.17. The number of fused-ring (bicyclic) bond motifs is 4. The van der Waals surface area contributed by atoms with Gasteiger partial charge in [-0.3, -0.25) is 14.2 Å². The van der Waals surface area contributed by atoms with Crippen molar-refractivity contribution in [3.63, 3.8) is 0 Å². The number of aromatic nitrogens is 1. The fourth-order valence-electron chi connectivity index (χ4n) is 7.83. The van der Waals surface area contributed by atoms with E-state index in [0.717, 1.165) is 55.5 Å². The fraction of sp³-hybridized carbons (Fsp3) is 0.533. The Hall–Kier alpha value is -2.51. The molecule has 0 radical (unpaired) electrons. The molecule has 2 N–H and O–H groups in total. The molecule has 0 spiro atoms. The zero-order valence-corrected chi connectivity index (χ0v) is 21.4. The van der Waals surface area contributed by atoms with Crippen LogP contribution in [0.1, 0.15) is 61.9 Å². The molecule has 2 atom stereocenters. The number of hydrogen-bond acceptors (Lipinski definition) is 3. The van der Waals surface area contributed by atoms with Crippen LogP contribution in [0, 0.1) is 17.6 Å². The zero-order chi connectivity index (χ0) is 25.3. The average Bonchev–Trinajstić information content (AvgIpc) is 3.21. The van der Waals surface area contributed by atoms with Gasteiger partial charge in [0, 0.05) is 59.1 Å². The predicted molar refractivity (Wildman–Crippen MR) is 141 cm³/mol. The van der Waals surface area contributed by atoms with Crippen LogP contribution >= 0.6 is 0 Å². The molecule has 196 valence electrons. The van der Waals surface area contributed by atoms with E-state index in [1.807, 2.05) is 12.1 Å². The number of nitrogens with zero attached hydrogens (tertiary/aromatic N) is 2. The topological polar surface area (TPSA) is 34.3 Å². The lowest BCUT2D eigenvalue weighted by atomic mass is 9.51. The highest BCUT2D eigenvalue weighted by molar-refractivity contribution is 5.85. The van der Waals surface area contributed by atoms with E-state index < -0.39 is 17.7 Å². The molecule has 0 amide bonds. The van der Waals surface area contributed by atoms with Crippen molar-refractivity contribution in [2.45, 2.75) is 69.1 Å². The maximum absolute atomic E-state index is 16.0. The molecule has 4 aliphatic rings. The van der Waals surface area contributed by atoms with E-state index >= 15 is 8.78 Å². The van der Waals surface area contributed by atoms with Crippen molar-refractivity contribution in [2.75, 3.05) is 31.6 Å². The average molecular weight is 509 g/mol. The van der Waals surface area contributed by atoms with Gasteiger partial charge in [0.25, 0.3) is 0 Å². The second kappa shape index (κ2) is 8.77. The number of halogens is 3. The van der Waals surface area contributed by atoms with Gasteiger partial charge in [-0.15, -0.1) is 0 Å². The van der Waals surface area contributed by atoms with Gasteiger partial charge in [-0.05, 0) is 75.1 Å². The molecule has 2 aliphatic carbocycles. The first-order chi connectivity index (χ1) is 18.0. The molecule has 1 saturated heterocycles. The first kappa shape index (κ1) is 23.6. The molecule has 0 bridgehead atoms. The van der Waals surface area contributed by atoms with E-state index in [2.05, 4.69) is 39.2 Å². The van der Waals surface area contributed by atoms with Gasteiger partial charge in [0.15, 0.2) is 0 Å². The molecule has 2 aliphatic heterocycles. The maximum Gasteiger partial charge on any atom is 0.133 e. The number of nitrogens with one attached hydrogen (secondary N) is 2. The SMILES string of the molecule is C[C@@H]1Cc2c([nH]c3ccccc23)[C@@H](c2c(F)cc(NC3CN(CCCF)C3)cc2F)N1C12CCC1CC2. The van der Waals surface area contributed by atoms with Crippen LogP contribution in [-0.2, 0) is 6.42 Å². The first-order valence-corrected chi connectivity index (χ1v) is 13.9. The minimum absolute atomic E-state index is 0.0594. The Morgan fingerprint density at radius 1 is 1.08 bits per heavy atom. The summed E-state index contributed by atoms with van der Waals surface area (Å²) in [7, 11) is 0. The van der Waals surface area contributed by atoms with Crippen LogP contribution in [0.2, 0.25) is 0 Å². The van der Waals surface area contributed by atoms with Crippen LogP contribution in [0.3, 0.4) is 0 Å². The highest BCUT2D eigenvalue weighted by atomic mass is 19.1. The lowest BCUT2D eigenvalue weighted by Crippen LogP contribution is -2.69. The lowest BCUT2D eigenvalue weighted by Gasteiger charge is -2.67. The lowest BCUT2D eigenvalue weighted by molar-refractivity contribution is -0.154. The Bertz CT molecular complexity index is 1300. The maximum atomic E-state index is 16.0. The summed E-state index contributed by atoms with van der Waals surface area (Å²) in [4.78, 5) is 8.23. The Morgan fingerprint density at radius 3 is 2.46 bits per heavy atom. The molecular weight excluding hydrogens is 473 g/mol. The van der Waals surface area contributed by atoms with Crippen LogP contribution < -0.4 is 5.32 Å². The van der Waals surface area contributed by atoms with Crippen LogP contribution in [0.4, 0.5) is 18.9 Å². The van der Waals surface area contributed by atoms with Crippen molar-refractivity contribution in [1.82, 2.24) is 14.8 Å². The van der Waals surface area contributed by atoms with E-state index in [9.17, 15) is 4.39 Å². The molecule has 7 heteroatoms. The van der Waals surface area contributed by atoms with Crippen molar-refractivity contribution >= 4 is 16.6 Å². The standard InChI is InChI=1S/C30H35F3N4/c1-18-13-23-22-5-2-3-6-26(22)35-28(23)29(37(18)30-9-7-19(30)8-10-30)27-24(32)14-20(15-25(27)33)34-21-16-36(17-21)12-4-11-31/h2-3,5-6,14-15,18-19,21,29,34-35H,4,7-13,16-17H2,1H3/t18-,19?,29-,30?/m1/s1. The summed E-state index contributed by atoms with van der Waals surface area (Å²) in [5, 5.41) is 4.45. The van der Waals surface area contributed by atoms with Gasteiger partial charge in [0.1, 0.15) is 11.6 Å². The van der Waals surface area contributed by atoms with Crippen molar-refractivity contribution < 1.29 is 13.2 Å². The summed E-state index contributed by atoms with van der Waals surface area (Å²) in [6.07, 6.45) is 6.06. The first-order valence-electron chi connectivity index (χ1n) is 13.9. The Balaban J connectivity index is 1.26. The van der Waals surface area contributed by atoms with Crippen molar-refractivity contribution in [2.24, 2.45) is 5.92 Å². The molecule has 1 aromatic heterocycles. The fourth-order valence-corrected chi connectivity index (χ4v) is 7.83. The zero-order valence-electron chi connectivity index (χ0n) is 21.4. The smallest absolute Gasteiger partial charge is 0.133 e. The summed E-state index contributed by atoms with van der Waals surface area (Å²) >= 11 is 0. The monoisotopic (exact) mass is 508 g/mol. The molecule has 3 fully saturated rings. The van der Waals surface area contributed by atoms with Gasteiger partial charge >= 0.3 is 0 Å². The largest absolute Gasteiger partial charge is 0.380 e. The molecule has 2 aromatic carbocycles. The van der Waals surface area contributed by atoms with E-state index in [4.69, 9.17) is 0 Å². The molecular formula is C30H35F3N4. The number of likely N-dealkylation sites (tertiary alicyclic amines) is 1. The number of H-pyrrole nitrogens is 1. The van der Waals surface area contributed by atoms with Gasteiger partial charge in [-0.1, -0.05) is 18.2 Å². The van der Waals surface area contributed by atoms with E-state index in [0.29, 0.717) is 18.0 Å². The highest BCUT2D eigenvalue weighted by Gasteiger charge is 2.61. The van der Waals surface area contributed by atoms with Crippen molar-refractivity contribution in [3.05, 3.63) is 64.9 Å². The molecule has 0 unspecified atom stereocenters. The Kier molecular flexibility index (Phi) is 5.59. The predicted octanol–water partition coefficient (Wildman–Crippen LogP) is 6.18. The van der Waals surface area contributed by atoms with Gasteiger partial charge in [0.2, 0.25) is 0 Å². The molecule has 2 saturated carbocycles. The minimum atomic E-state index is -0.489. The van der Waals surface area contributed by atoms with Crippen LogP contribution in [-0.4, -0.2) is 58.7 Å². The summed E-state index contributed by atoms with van der Waals surface area (Å²) < 4.78 is 44.5. The second-order valence-corrected chi connectivity index (χ2v) is 11.8. The molecule has 37 heavy (non-hydrogen) atoms. The molecule has 3 aromatic rings. The summed E-state index contributed by atoms with van der Waals surface area (Å²) in [5.41, 5.74) is 3.87. The minimum Gasteiger partial charge on any atom is -0.380 e. The normalized spacial score (nSPS) is 29.8. The number of rotatable bonds is 7. The second-order valence-electron chi connectivity index (χ2n) is 11.8. The van der Waals surface area contributed by atoms with Crippen LogP contribution in [0.15, 0.2) is 36.4 Å². The number of anilines is 1. The molecule has 3 heterocycles. The number of para-hydroxylation sites is 1. The third kappa shape index (κ3) is 3.57. The third-order valence-electron chi connectivity index (χ3n) is 9.79. The Labute approximate surface area is 216 Å². The van der Waals surface area contributed by atoms with Gasteiger partial charge in [0.05, 0.1) is 18.8 Å². The van der Waals surface area contributed by atoms with Crippen LogP contribution in [0.25, 0.3) is 10.9 Å². The number of aromatic amines is 1. The number of benzene rings is 2.